The van der Waals surface area contributed by atoms with Gasteiger partial charge >= 0.3 is 0 Å². The van der Waals surface area contributed by atoms with Gasteiger partial charge in [-0.3, -0.25) is 0 Å². The van der Waals surface area contributed by atoms with Gasteiger partial charge in [0.1, 0.15) is 0 Å². The molecule has 0 nitrogen and oxygen atoms in total. The van der Waals surface area contributed by atoms with Crippen LogP contribution in [0, 0.1) is 6.92 Å². The Hall–Kier alpha value is -3.12. The fourth-order valence-corrected chi connectivity index (χ4v) is 4.39. The Kier molecular flexibility index (Phi) is 9.47. The molecular formula is C32H38. The lowest BCUT2D eigenvalue weighted by molar-refractivity contribution is 1.11. The van der Waals surface area contributed by atoms with Gasteiger partial charge in [0, 0.05) is 0 Å². The smallest absolute Gasteiger partial charge is 0.00964 e. The average Bonchev–Trinajstić information content (AvgIpc) is 2.84. The maximum Gasteiger partial charge on any atom is -0.00964 e. The van der Waals surface area contributed by atoms with Crippen molar-refractivity contribution < 1.29 is 0 Å². The van der Waals surface area contributed by atoms with Gasteiger partial charge in [-0.1, -0.05) is 94.1 Å². The first-order valence-corrected chi connectivity index (χ1v) is 11.8. The standard InChI is InChI=1S/C30H32.C2H6/c1-7-13-27-21(6)26(11-5)28(14-8-2)30-20-25(17-18-29(27)30)24-16-12-15-23(19-24)22(9-3)10-4;1-2/h7-10,12-20H,3,11H2,1-2,4-6H3;1-2H3/b13-7-,14-8-,22-10+;. The van der Waals surface area contributed by atoms with Gasteiger partial charge in [-0.2, -0.15) is 0 Å². The van der Waals surface area contributed by atoms with Crippen LogP contribution in [0.15, 0.2) is 73.3 Å². The van der Waals surface area contributed by atoms with Crippen LogP contribution < -0.4 is 0 Å². The molecule has 0 fully saturated rings. The van der Waals surface area contributed by atoms with E-state index in [-0.39, 0.29) is 0 Å². The highest BCUT2D eigenvalue weighted by Gasteiger charge is 2.14. The fourth-order valence-electron chi connectivity index (χ4n) is 4.39. The molecule has 0 N–H and O–H groups in total. The molecule has 0 saturated heterocycles. The van der Waals surface area contributed by atoms with E-state index in [1.807, 2.05) is 19.9 Å². The normalized spacial score (nSPS) is 11.8. The van der Waals surface area contributed by atoms with Crippen LogP contribution in [0.2, 0.25) is 0 Å². The molecule has 0 heteroatoms. The molecule has 166 valence electrons. The van der Waals surface area contributed by atoms with Crippen molar-refractivity contribution in [3.8, 4) is 11.1 Å². The summed E-state index contributed by atoms with van der Waals surface area (Å²) in [6.45, 7) is 18.7. The van der Waals surface area contributed by atoms with Crippen molar-refractivity contribution in [3.05, 3.63) is 101 Å². The van der Waals surface area contributed by atoms with Crippen LogP contribution in [0.3, 0.4) is 0 Å². The highest BCUT2D eigenvalue weighted by atomic mass is 14.2. The highest BCUT2D eigenvalue weighted by molar-refractivity contribution is 6.01. The lowest BCUT2D eigenvalue weighted by atomic mass is 9.86. The predicted octanol–water partition coefficient (Wildman–Crippen LogP) is 10.1. The lowest BCUT2D eigenvalue weighted by Gasteiger charge is -2.18. The molecule has 0 radical (unpaired) electrons. The lowest BCUT2D eigenvalue weighted by Crippen LogP contribution is -1.98. The number of fused-ring (bicyclic) bond motifs is 1. The monoisotopic (exact) mass is 422 g/mol. The van der Waals surface area contributed by atoms with Crippen molar-refractivity contribution in [1.82, 2.24) is 0 Å². The highest BCUT2D eigenvalue weighted by Crippen LogP contribution is 2.36. The van der Waals surface area contributed by atoms with E-state index in [1.54, 1.807) is 0 Å². The summed E-state index contributed by atoms with van der Waals surface area (Å²) < 4.78 is 0. The first-order chi connectivity index (χ1) is 15.6. The number of benzene rings is 3. The largest absolute Gasteiger partial charge is 0.0985 e. The van der Waals surface area contributed by atoms with Crippen molar-refractivity contribution >= 4 is 28.5 Å². The van der Waals surface area contributed by atoms with Crippen molar-refractivity contribution in [3.63, 3.8) is 0 Å². The van der Waals surface area contributed by atoms with E-state index in [2.05, 4.69) is 114 Å². The molecule has 0 saturated carbocycles. The third-order valence-corrected chi connectivity index (χ3v) is 5.86. The van der Waals surface area contributed by atoms with Crippen molar-refractivity contribution in [2.24, 2.45) is 0 Å². The van der Waals surface area contributed by atoms with Crippen LogP contribution >= 0.6 is 0 Å². The second-order valence-corrected chi connectivity index (χ2v) is 7.57. The third kappa shape index (κ3) is 5.02. The van der Waals surface area contributed by atoms with Gasteiger partial charge in [-0.05, 0) is 102 Å². The van der Waals surface area contributed by atoms with Crippen molar-refractivity contribution in [1.29, 1.82) is 0 Å². The van der Waals surface area contributed by atoms with Gasteiger partial charge in [0.25, 0.3) is 0 Å². The summed E-state index contributed by atoms with van der Waals surface area (Å²) in [5, 5.41) is 2.64. The second kappa shape index (κ2) is 12.1. The number of hydrogen-bond acceptors (Lipinski definition) is 0. The summed E-state index contributed by atoms with van der Waals surface area (Å²) >= 11 is 0. The van der Waals surface area contributed by atoms with E-state index in [0.717, 1.165) is 12.0 Å². The SMILES string of the molecule is C=C/C(=C\C)c1cccc(-c2ccc3c(/C=C\C)c(C)c(CC)c(/C=C\C)c3c2)c1.CC. The Bertz CT molecular complexity index is 1170. The Morgan fingerprint density at radius 3 is 2.09 bits per heavy atom. The van der Waals surface area contributed by atoms with Crippen LogP contribution in [0.1, 0.15) is 69.4 Å². The van der Waals surface area contributed by atoms with Gasteiger partial charge in [-0.15, -0.1) is 0 Å². The van der Waals surface area contributed by atoms with E-state index in [4.69, 9.17) is 0 Å². The molecular weight excluding hydrogens is 384 g/mol. The summed E-state index contributed by atoms with van der Waals surface area (Å²) in [5.41, 5.74) is 10.3. The second-order valence-electron chi connectivity index (χ2n) is 7.57. The van der Waals surface area contributed by atoms with Gasteiger partial charge < -0.3 is 0 Å². The topological polar surface area (TPSA) is 0 Å². The summed E-state index contributed by atoms with van der Waals surface area (Å²) in [5.74, 6) is 0. The predicted molar refractivity (Wildman–Crippen MR) is 148 cm³/mol. The van der Waals surface area contributed by atoms with E-state index in [0.29, 0.717) is 0 Å². The Morgan fingerprint density at radius 2 is 1.50 bits per heavy atom. The summed E-state index contributed by atoms with van der Waals surface area (Å²) in [6, 6.07) is 15.6. The molecule has 3 aromatic carbocycles. The molecule has 0 aliphatic heterocycles. The van der Waals surface area contributed by atoms with Crippen molar-refractivity contribution in [2.75, 3.05) is 0 Å². The van der Waals surface area contributed by atoms with Gasteiger partial charge in [0.15, 0.2) is 0 Å². The number of rotatable bonds is 6. The van der Waals surface area contributed by atoms with Gasteiger partial charge in [0.2, 0.25) is 0 Å². The molecule has 0 spiro atoms. The van der Waals surface area contributed by atoms with E-state index in [9.17, 15) is 0 Å². The maximum absolute atomic E-state index is 3.96. The first-order valence-electron chi connectivity index (χ1n) is 11.8. The molecule has 3 aromatic rings. The molecule has 0 aliphatic carbocycles. The van der Waals surface area contributed by atoms with Crippen LogP contribution in [0.4, 0.5) is 0 Å². The Balaban J connectivity index is 0.00000176. The Labute approximate surface area is 195 Å². The quantitative estimate of drug-likeness (QED) is 0.347. The minimum atomic E-state index is 1.02. The summed E-state index contributed by atoms with van der Waals surface area (Å²) in [6.07, 6.45) is 13.9. The zero-order chi connectivity index (χ0) is 23.7. The zero-order valence-electron chi connectivity index (χ0n) is 20.9. The zero-order valence-corrected chi connectivity index (χ0v) is 20.9. The van der Waals surface area contributed by atoms with Crippen molar-refractivity contribution in [2.45, 2.75) is 54.9 Å². The van der Waals surface area contributed by atoms with Crippen LogP contribution in [-0.2, 0) is 6.42 Å². The molecule has 32 heavy (non-hydrogen) atoms. The van der Waals surface area contributed by atoms with Crippen LogP contribution in [-0.4, -0.2) is 0 Å². The van der Waals surface area contributed by atoms with E-state index < -0.39 is 0 Å². The number of allylic oxidation sites excluding steroid dienone is 5. The van der Waals surface area contributed by atoms with E-state index >= 15 is 0 Å². The first kappa shape index (κ1) is 25.1. The Morgan fingerprint density at radius 1 is 0.844 bits per heavy atom. The van der Waals surface area contributed by atoms with Crippen LogP contribution in [0.5, 0.6) is 0 Å². The fraction of sp³-hybridized carbons (Fsp3) is 0.250. The summed E-state index contributed by atoms with van der Waals surface area (Å²) in [7, 11) is 0. The molecule has 0 amide bonds. The molecule has 0 heterocycles. The molecule has 0 unspecified atom stereocenters. The molecule has 0 aliphatic rings. The van der Waals surface area contributed by atoms with Gasteiger partial charge in [0.05, 0.1) is 0 Å². The minimum Gasteiger partial charge on any atom is -0.0985 e. The average molecular weight is 423 g/mol. The van der Waals surface area contributed by atoms with Crippen LogP contribution in [0.25, 0.3) is 39.6 Å². The van der Waals surface area contributed by atoms with Gasteiger partial charge in [-0.25, -0.2) is 0 Å². The summed E-state index contributed by atoms with van der Waals surface area (Å²) in [4.78, 5) is 0. The molecule has 3 rings (SSSR count). The molecule has 0 atom stereocenters. The van der Waals surface area contributed by atoms with E-state index in [1.165, 1.54) is 49.7 Å². The number of hydrogen-bond donors (Lipinski definition) is 0. The third-order valence-electron chi connectivity index (χ3n) is 5.86. The maximum atomic E-state index is 3.96. The minimum absolute atomic E-state index is 1.02. The molecule has 0 bridgehead atoms. The molecule has 0 aromatic heterocycles.